The second-order valence-corrected chi connectivity index (χ2v) is 7.84. The molecule has 0 N–H and O–H groups in total. The quantitative estimate of drug-likeness (QED) is 0.843. The van der Waals surface area contributed by atoms with Crippen molar-refractivity contribution in [3.63, 3.8) is 0 Å². The van der Waals surface area contributed by atoms with Crippen molar-refractivity contribution < 1.29 is 14.3 Å². The third kappa shape index (κ3) is 2.90. The van der Waals surface area contributed by atoms with Crippen molar-refractivity contribution in [2.75, 3.05) is 19.1 Å². The van der Waals surface area contributed by atoms with Gasteiger partial charge in [0.1, 0.15) is 16.9 Å². The topological polar surface area (TPSA) is 51.7 Å². The van der Waals surface area contributed by atoms with Gasteiger partial charge in [0.15, 0.2) is 5.13 Å². The van der Waals surface area contributed by atoms with Gasteiger partial charge in [0, 0.05) is 16.6 Å². The molecule has 1 aliphatic rings. The van der Waals surface area contributed by atoms with E-state index in [1.807, 2.05) is 32.0 Å². The lowest BCUT2D eigenvalue weighted by molar-refractivity contribution is -0.117. The summed E-state index contributed by atoms with van der Waals surface area (Å²) >= 11 is 3.12. The van der Waals surface area contributed by atoms with Crippen LogP contribution in [0.4, 0.5) is 5.13 Å². The average molecular weight is 350 g/mol. The fourth-order valence-corrected chi connectivity index (χ4v) is 4.65. The van der Waals surface area contributed by atoms with Crippen molar-refractivity contribution in [3.05, 3.63) is 34.8 Å². The number of thioether (sulfide) groups is 1. The zero-order chi connectivity index (χ0) is 16.6. The molecule has 2 heterocycles. The SMILES string of the molecule is COc1ccc(OC)c([C@H]2S[C@@H](C)C(=O)N2c2ncc(C)s2)c1. The number of benzene rings is 1. The fourth-order valence-electron chi connectivity index (χ4n) is 2.52. The normalized spacial score (nSPS) is 20.9. The predicted molar refractivity (Wildman–Crippen MR) is 93.7 cm³/mol. The van der Waals surface area contributed by atoms with Crippen LogP contribution in [0.2, 0.25) is 0 Å². The summed E-state index contributed by atoms with van der Waals surface area (Å²) in [5.41, 5.74) is 0.919. The van der Waals surface area contributed by atoms with E-state index in [1.165, 1.54) is 11.3 Å². The van der Waals surface area contributed by atoms with Gasteiger partial charge in [-0.05, 0) is 32.0 Å². The Morgan fingerprint density at radius 2 is 2.04 bits per heavy atom. The third-order valence-corrected chi connectivity index (χ3v) is 5.92. The molecule has 1 fully saturated rings. The van der Waals surface area contributed by atoms with Crippen LogP contribution in [0.15, 0.2) is 24.4 Å². The van der Waals surface area contributed by atoms with Crippen molar-refractivity contribution >= 4 is 34.1 Å². The number of hydrogen-bond donors (Lipinski definition) is 0. The Kier molecular flexibility index (Phi) is 4.50. The first-order valence-electron chi connectivity index (χ1n) is 7.18. The van der Waals surface area contributed by atoms with Crippen LogP contribution in [0.3, 0.4) is 0 Å². The lowest BCUT2D eigenvalue weighted by atomic mass is 10.1. The Bertz CT molecular complexity index is 732. The number of methoxy groups -OCH3 is 2. The first kappa shape index (κ1) is 16.1. The van der Waals surface area contributed by atoms with Crippen LogP contribution in [-0.4, -0.2) is 30.4 Å². The van der Waals surface area contributed by atoms with Crippen LogP contribution in [0, 0.1) is 6.92 Å². The maximum atomic E-state index is 12.7. The second kappa shape index (κ2) is 6.41. The highest BCUT2D eigenvalue weighted by atomic mass is 32.2. The predicted octanol–water partition coefficient (Wildman–Crippen LogP) is 3.64. The molecule has 1 aliphatic heterocycles. The van der Waals surface area contributed by atoms with Gasteiger partial charge >= 0.3 is 0 Å². The zero-order valence-corrected chi connectivity index (χ0v) is 15.0. The lowest BCUT2D eigenvalue weighted by Gasteiger charge is -2.23. The summed E-state index contributed by atoms with van der Waals surface area (Å²) in [6.07, 6.45) is 1.79. The van der Waals surface area contributed by atoms with Crippen molar-refractivity contribution in [1.82, 2.24) is 4.98 Å². The molecule has 1 amide bonds. The maximum absolute atomic E-state index is 12.7. The number of rotatable bonds is 4. The molecule has 0 saturated carbocycles. The minimum Gasteiger partial charge on any atom is -0.497 e. The van der Waals surface area contributed by atoms with Crippen LogP contribution in [-0.2, 0) is 4.79 Å². The van der Waals surface area contributed by atoms with Crippen LogP contribution < -0.4 is 14.4 Å². The third-order valence-electron chi connectivity index (χ3n) is 3.67. The van der Waals surface area contributed by atoms with Gasteiger partial charge in [-0.2, -0.15) is 0 Å². The molecule has 1 aromatic heterocycles. The molecular weight excluding hydrogens is 332 g/mol. The Balaban J connectivity index is 2.08. The number of thiazole rings is 1. The summed E-state index contributed by atoms with van der Waals surface area (Å²) in [5.74, 6) is 1.55. The molecule has 0 bridgehead atoms. The molecule has 1 saturated heterocycles. The van der Waals surface area contributed by atoms with E-state index >= 15 is 0 Å². The summed E-state index contributed by atoms with van der Waals surface area (Å²) in [6.45, 7) is 3.91. The van der Waals surface area contributed by atoms with E-state index in [-0.39, 0.29) is 16.5 Å². The number of nitrogens with zero attached hydrogens (tertiary/aromatic N) is 2. The number of aromatic nitrogens is 1. The number of ether oxygens (including phenoxy) is 2. The van der Waals surface area contributed by atoms with Gasteiger partial charge in [-0.15, -0.1) is 23.1 Å². The molecule has 2 aromatic rings. The average Bonchev–Trinajstić information content (AvgIpc) is 3.10. The van der Waals surface area contributed by atoms with Gasteiger partial charge in [0.05, 0.1) is 19.5 Å². The Hall–Kier alpha value is -1.73. The number of carbonyl (C=O) groups excluding carboxylic acids is 1. The van der Waals surface area contributed by atoms with Gasteiger partial charge in [-0.25, -0.2) is 4.98 Å². The smallest absolute Gasteiger partial charge is 0.242 e. The van der Waals surface area contributed by atoms with E-state index in [2.05, 4.69) is 4.98 Å². The van der Waals surface area contributed by atoms with Crippen molar-refractivity contribution in [2.24, 2.45) is 0 Å². The van der Waals surface area contributed by atoms with Crippen molar-refractivity contribution in [2.45, 2.75) is 24.5 Å². The van der Waals surface area contributed by atoms with Gasteiger partial charge in [-0.3, -0.25) is 9.69 Å². The molecule has 3 rings (SSSR count). The molecule has 7 heteroatoms. The van der Waals surface area contributed by atoms with E-state index in [4.69, 9.17) is 9.47 Å². The fraction of sp³-hybridized carbons (Fsp3) is 0.375. The van der Waals surface area contributed by atoms with E-state index in [0.717, 1.165) is 27.1 Å². The first-order chi connectivity index (χ1) is 11.0. The number of anilines is 1. The molecular formula is C16H18N2O3S2. The molecule has 0 unspecified atom stereocenters. The number of amides is 1. The highest BCUT2D eigenvalue weighted by molar-refractivity contribution is 8.01. The molecule has 23 heavy (non-hydrogen) atoms. The first-order valence-corrected chi connectivity index (χ1v) is 8.94. The van der Waals surface area contributed by atoms with Crippen LogP contribution >= 0.6 is 23.1 Å². The van der Waals surface area contributed by atoms with Crippen molar-refractivity contribution in [1.29, 1.82) is 0 Å². The van der Waals surface area contributed by atoms with E-state index in [1.54, 1.807) is 37.1 Å². The molecule has 0 spiro atoms. The minimum atomic E-state index is -0.173. The van der Waals surface area contributed by atoms with E-state index < -0.39 is 0 Å². The standard InChI is InChI=1S/C16H18N2O3S2/c1-9-8-17-16(22-9)18-14(19)10(2)23-15(18)12-7-11(20-3)5-6-13(12)21-4/h5-8,10,15H,1-4H3/t10-,15+/m0/s1. The zero-order valence-electron chi connectivity index (χ0n) is 13.4. The Morgan fingerprint density at radius 3 is 2.65 bits per heavy atom. The monoisotopic (exact) mass is 350 g/mol. The summed E-state index contributed by atoms with van der Waals surface area (Å²) < 4.78 is 10.8. The van der Waals surface area contributed by atoms with Crippen molar-refractivity contribution in [3.8, 4) is 11.5 Å². The van der Waals surface area contributed by atoms with Gasteiger partial charge < -0.3 is 9.47 Å². The Morgan fingerprint density at radius 1 is 1.26 bits per heavy atom. The van der Waals surface area contributed by atoms with Gasteiger partial charge in [-0.1, -0.05) is 0 Å². The molecule has 2 atom stereocenters. The number of hydrogen-bond acceptors (Lipinski definition) is 6. The lowest BCUT2D eigenvalue weighted by Crippen LogP contribution is -2.30. The van der Waals surface area contributed by atoms with E-state index in [9.17, 15) is 4.79 Å². The highest BCUT2D eigenvalue weighted by Crippen LogP contribution is 2.49. The maximum Gasteiger partial charge on any atom is 0.242 e. The summed E-state index contributed by atoms with van der Waals surface area (Å²) in [7, 11) is 3.26. The Labute approximate surface area is 143 Å². The molecule has 122 valence electrons. The summed E-state index contributed by atoms with van der Waals surface area (Å²) in [5, 5.41) is 0.424. The molecule has 0 radical (unpaired) electrons. The van der Waals surface area contributed by atoms with Crippen LogP contribution in [0.1, 0.15) is 22.7 Å². The van der Waals surface area contributed by atoms with Gasteiger partial charge in [0.2, 0.25) is 5.91 Å². The molecule has 1 aromatic carbocycles. The second-order valence-electron chi connectivity index (χ2n) is 5.20. The molecule has 5 nitrogen and oxygen atoms in total. The van der Waals surface area contributed by atoms with Crippen LogP contribution in [0.5, 0.6) is 11.5 Å². The summed E-state index contributed by atoms with van der Waals surface area (Å²) in [6, 6.07) is 5.65. The van der Waals surface area contributed by atoms with Crippen LogP contribution in [0.25, 0.3) is 0 Å². The minimum absolute atomic E-state index is 0.0687. The summed E-state index contributed by atoms with van der Waals surface area (Å²) in [4.78, 5) is 19.9. The van der Waals surface area contributed by atoms with E-state index in [0.29, 0.717) is 0 Å². The highest BCUT2D eigenvalue weighted by Gasteiger charge is 2.42. The molecule has 0 aliphatic carbocycles. The number of aryl methyl sites for hydroxylation is 1. The number of carbonyl (C=O) groups is 1. The van der Waals surface area contributed by atoms with Gasteiger partial charge in [0.25, 0.3) is 0 Å². The largest absolute Gasteiger partial charge is 0.497 e.